The third-order valence-electron chi connectivity index (χ3n) is 3.57. The van der Waals surface area contributed by atoms with E-state index in [2.05, 4.69) is 66.0 Å². The lowest BCUT2D eigenvalue weighted by Gasteiger charge is -2.19. The van der Waals surface area contributed by atoms with Gasteiger partial charge in [0.25, 0.3) is 0 Å². The van der Waals surface area contributed by atoms with Gasteiger partial charge in [0.15, 0.2) is 0 Å². The first-order valence-corrected chi connectivity index (χ1v) is 7.29. The number of hydrogen-bond acceptors (Lipinski definition) is 2. The fourth-order valence-corrected chi connectivity index (χ4v) is 2.51. The maximum Gasteiger partial charge on any atom is 0.105 e. The average Bonchev–Trinajstić information content (AvgIpc) is 3.07. The molecule has 0 saturated heterocycles. The molecule has 0 fully saturated rings. The van der Waals surface area contributed by atoms with Crippen molar-refractivity contribution in [3.63, 3.8) is 0 Å². The zero-order valence-corrected chi connectivity index (χ0v) is 11.9. The van der Waals surface area contributed by atoms with Gasteiger partial charge in [0, 0.05) is 13.0 Å². The van der Waals surface area contributed by atoms with E-state index < -0.39 is 0 Å². The van der Waals surface area contributed by atoms with Crippen molar-refractivity contribution in [3.05, 3.63) is 95.9 Å². The highest BCUT2D eigenvalue weighted by Crippen LogP contribution is 2.21. The number of nitrogens with one attached hydrogen (secondary N) is 1. The molecule has 3 rings (SSSR count). The average molecular weight is 277 g/mol. The van der Waals surface area contributed by atoms with Gasteiger partial charge in [-0.2, -0.15) is 0 Å². The fourth-order valence-electron chi connectivity index (χ4n) is 2.51. The van der Waals surface area contributed by atoms with E-state index in [-0.39, 0.29) is 6.04 Å². The van der Waals surface area contributed by atoms with Crippen LogP contribution in [-0.2, 0) is 6.42 Å². The minimum Gasteiger partial charge on any atom is -0.469 e. The first-order chi connectivity index (χ1) is 10.4. The number of benzene rings is 2. The van der Waals surface area contributed by atoms with Crippen LogP contribution in [0.5, 0.6) is 0 Å². The Kier molecular flexibility index (Phi) is 4.49. The second kappa shape index (κ2) is 6.91. The van der Waals surface area contributed by atoms with Crippen LogP contribution in [0.15, 0.2) is 83.5 Å². The van der Waals surface area contributed by atoms with Crippen molar-refractivity contribution in [2.24, 2.45) is 0 Å². The number of furan rings is 1. The van der Waals surface area contributed by atoms with Gasteiger partial charge in [-0.25, -0.2) is 0 Å². The van der Waals surface area contributed by atoms with Crippen LogP contribution in [-0.4, -0.2) is 6.54 Å². The molecule has 0 amide bonds. The van der Waals surface area contributed by atoms with Gasteiger partial charge in [0.2, 0.25) is 0 Å². The van der Waals surface area contributed by atoms with Gasteiger partial charge in [0.1, 0.15) is 5.76 Å². The van der Waals surface area contributed by atoms with Crippen LogP contribution in [0.25, 0.3) is 0 Å². The van der Waals surface area contributed by atoms with E-state index in [9.17, 15) is 0 Å². The molecule has 0 spiro atoms. The second-order valence-electron chi connectivity index (χ2n) is 5.04. The minimum atomic E-state index is 0.211. The Morgan fingerprint density at radius 1 is 0.762 bits per heavy atom. The molecule has 0 aliphatic heterocycles. The lowest BCUT2D eigenvalue weighted by molar-refractivity contribution is 0.491. The fraction of sp³-hybridized carbons (Fsp3) is 0.158. The molecule has 106 valence electrons. The highest BCUT2D eigenvalue weighted by Gasteiger charge is 2.12. The van der Waals surface area contributed by atoms with Crippen LogP contribution in [0, 0.1) is 0 Å². The predicted octanol–water partition coefficient (Wildman–Crippen LogP) is 4.20. The molecule has 2 aromatic carbocycles. The Morgan fingerprint density at radius 2 is 1.38 bits per heavy atom. The van der Waals surface area contributed by atoms with Gasteiger partial charge in [-0.3, -0.25) is 0 Å². The van der Waals surface area contributed by atoms with Crippen molar-refractivity contribution in [1.29, 1.82) is 0 Å². The van der Waals surface area contributed by atoms with E-state index in [4.69, 9.17) is 4.42 Å². The Labute approximate surface area is 125 Å². The summed E-state index contributed by atoms with van der Waals surface area (Å²) in [7, 11) is 0. The molecule has 2 nitrogen and oxygen atoms in total. The van der Waals surface area contributed by atoms with E-state index in [0.29, 0.717) is 0 Å². The van der Waals surface area contributed by atoms with E-state index in [1.807, 2.05) is 12.1 Å². The predicted molar refractivity (Wildman–Crippen MR) is 85.1 cm³/mol. The van der Waals surface area contributed by atoms with Crippen molar-refractivity contribution >= 4 is 0 Å². The summed E-state index contributed by atoms with van der Waals surface area (Å²) in [6.07, 6.45) is 2.62. The monoisotopic (exact) mass is 277 g/mol. The lowest BCUT2D eigenvalue weighted by Crippen LogP contribution is -2.24. The quantitative estimate of drug-likeness (QED) is 0.730. The van der Waals surface area contributed by atoms with Gasteiger partial charge in [0.05, 0.1) is 12.3 Å². The van der Waals surface area contributed by atoms with Gasteiger partial charge >= 0.3 is 0 Å². The molecular formula is C19H19NO. The topological polar surface area (TPSA) is 25.2 Å². The lowest BCUT2D eigenvalue weighted by atomic mass is 9.98. The summed E-state index contributed by atoms with van der Waals surface area (Å²) >= 11 is 0. The Hall–Kier alpha value is -2.32. The van der Waals surface area contributed by atoms with E-state index in [0.717, 1.165) is 18.7 Å². The summed E-state index contributed by atoms with van der Waals surface area (Å²) in [5, 5.41) is 3.63. The summed E-state index contributed by atoms with van der Waals surface area (Å²) in [5.41, 5.74) is 2.56. The molecule has 0 radical (unpaired) electrons. The van der Waals surface area contributed by atoms with Crippen molar-refractivity contribution in [3.8, 4) is 0 Å². The van der Waals surface area contributed by atoms with E-state index in [1.165, 1.54) is 11.1 Å². The minimum absolute atomic E-state index is 0.211. The molecule has 0 unspecified atom stereocenters. The van der Waals surface area contributed by atoms with Gasteiger partial charge < -0.3 is 9.73 Å². The third kappa shape index (κ3) is 3.61. The third-order valence-corrected chi connectivity index (χ3v) is 3.57. The Balaban J connectivity index is 1.73. The van der Waals surface area contributed by atoms with Crippen LogP contribution >= 0.6 is 0 Å². The van der Waals surface area contributed by atoms with Crippen molar-refractivity contribution in [2.75, 3.05) is 6.54 Å². The molecule has 21 heavy (non-hydrogen) atoms. The summed E-state index contributed by atoms with van der Waals surface area (Å²) < 4.78 is 5.39. The molecule has 1 heterocycles. The van der Waals surface area contributed by atoms with E-state index >= 15 is 0 Å². The normalized spacial score (nSPS) is 10.9. The summed E-state index contributed by atoms with van der Waals surface area (Å²) in [6.45, 7) is 0.877. The van der Waals surface area contributed by atoms with Crippen LogP contribution < -0.4 is 5.32 Å². The molecule has 0 bridgehead atoms. The standard InChI is InChI=1S/C19H19NO/c1-3-8-16(9-4-1)19(17-10-5-2-6-11-17)20-14-13-18-12-7-15-21-18/h1-12,15,19-20H,13-14H2. The molecule has 0 atom stereocenters. The van der Waals surface area contributed by atoms with Crippen molar-refractivity contribution < 1.29 is 4.42 Å². The molecule has 0 aliphatic rings. The SMILES string of the molecule is c1ccc(C(NCCc2ccco2)c2ccccc2)cc1. The van der Waals surface area contributed by atoms with E-state index in [1.54, 1.807) is 6.26 Å². The largest absolute Gasteiger partial charge is 0.469 e. The highest BCUT2D eigenvalue weighted by molar-refractivity contribution is 5.31. The smallest absolute Gasteiger partial charge is 0.105 e. The van der Waals surface area contributed by atoms with Gasteiger partial charge in [-0.05, 0) is 23.3 Å². The molecule has 3 aromatic rings. The molecule has 0 saturated carbocycles. The summed E-state index contributed by atoms with van der Waals surface area (Å²) in [6, 6.07) is 25.2. The van der Waals surface area contributed by atoms with Crippen LogP contribution in [0.4, 0.5) is 0 Å². The molecule has 1 N–H and O–H groups in total. The maximum absolute atomic E-state index is 5.39. The zero-order valence-electron chi connectivity index (χ0n) is 11.9. The molecule has 1 aromatic heterocycles. The number of hydrogen-bond donors (Lipinski definition) is 1. The molecule has 2 heteroatoms. The second-order valence-corrected chi connectivity index (χ2v) is 5.04. The Morgan fingerprint density at radius 3 is 1.90 bits per heavy atom. The van der Waals surface area contributed by atoms with Crippen LogP contribution in [0.3, 0.4) is 0 Å². The first kappa shape index (κ1) is 13.7. The summed E-state index contributed by atoms with van der Waals surface area (Å²) in [4.78, 5) is 0. The maximum atomic E-state index is 5.39. The Bertz CT molecular complexity index is 592. The van der Waals surface area contributed by atoms with Gasteiger partial charge in [-0.1, -0.05) is 60.7 Å². The van der Waals surface area contributed by atoms with Gasteiger partial charge in [-0.15, -0.1) is 0 Å². The zero-order chi connectivity index (χ0) is 14.3. The van der Waals surface area contributed by atoms with Crippen molar-refractivity contribution in [1.82, 2.24) is 5.32 Å². The van der Waals surface area contributed by atoms with Crippen LogP contribution in [0.2, 0.25) is 0 Å². The first-order valence-electron chi connectivity index (χ1n) is 7.29. The molecule has 0 aliphatic carbocycles. The van der Waals surface area contributed by atoms with Crippen LogP contribution in [0.1, 0.15) is 22.9 Å². The summed E-state index contributed by atoms with van der Waals surface area (Å²) in [5.74, 6) is 1.02. The highest BCUT2D eigenvalue weighted by atomic mass is 16.3. The molecular weight excluding hydrogens is 258 g/mol. The number of rotatable bonds is 6. The van der Waals surface area contributed by atoms with Crippen molar-refractivity contribution in [2.45, 2.75) is 12.5 Å².